The number of aryl methyl sites for hydroxylation is 2. The molecule has 0 aliphatic heterocycles. The Bertz CT molecular complexity index is 648. The van der Waals surface area contributed by atoms with Crippen LogP contribution < -0.4 is 5.32 Å². The largest absolute Gasteiger partial charge is 0.348 e. The predicted molar refractivity (Wildman–Crippen MR) is 83.4 cm³/mol. The third-order valence-electron chi connectivity index (χ3n) is 3.48. The molecule has 108 valence electrons. The van der Waals surface area contributed by atoms with E-state index in [0.29, 0.717) is 12.0 Å². The maximum Gasteiger partial charge on any atom is 0.224 e. The summed E-state index contributed by atoms with van der Waals surface area (Å²) in [5.74, 6) is -0.216. The average molecular weight is 281 g/mol. The van der Waals surface area contributed by atoms with Crippen molar-refractivity contribution in [3.8, 4) is 0 Å². The lowest BCUT2D eigenvalue weighted by atomic mass is 10.0. The molecule has 1 amide bonds. The number of rotatable bonds is 5. The molecule has 3 heteroatoms. The van der Waals surface area contributed by atoms with Crippen molar-refractivity contribution in [1.29, 1.82) is 0 Å². The van der Waals surface area contributed by atoms with Gasteiger partial charge in [0, 0.05) is 5.56 Å². The molecule has 2 aromatic carbocycles. The fourth-order valence-electron chi connectivity index (χ4n) is 2.07. The number of hydrogen-bond donors (Lipinski definition) is 1. The summed E-state index contributed by atoms with van der Waals surface area (Å²) in [6.45, 7) is 4.10. The van der Waals surface area contributed by atoms with E-state index < -0.39 is 0 Å². The Hall–Kier alpha value is -2.42. The van der Waals surface area contributed by atoms with Crippen LogP contribution in [0.4, 0.5) is 0 Å². The molecule has 2 aromatic rings. The van der Waals surface area contributed by atoms with Gasteiger partial charge in [-0.3, -0.25) is 9.59 Å². The SMILES string of the molecule is Cc1ccc(CC(=O)NCC(=O)c2ccccc2)cc1C. The highest BCUT2D eigenvalue weighted by Crippen LogP contribution is 2.10. The molecule has 3 nitrogen and oxygen atoms in total. The minimum absolute atomic E-state index is 0.0354. The highest BCUT2D eigenvalue weighted by Gasteiger charge is 2.08. The Morgan fingerprint density at radius 3 is 2.33 bits per heavy atom. The van der Waals surface area contributed by atoms with Crippen LogP contribution in [0.2, 0.25) is 0 Å². The van der Waals surface area contributed by atoms with Crippen LogP contribution in [0.25, 0.3) is 0 Å². The first-order chi connectivity index (χ1) is 10.1. The summed E-state index contributed by atoms with van der Waals surface area (Å²) < 4.78 is 0. The Balaban J connectivity index is 1.87. The Kier molecular flexibility index (Phi) is 4.88. The van der Waals surface area contributed by atoms with Crippen molar-refractivity contribution in [1.82, 2.24) is 5.32 Å². The second-order valence-corrected chi connectivity index (χ2v) is 5.16. The third-order valence-corrected chi connectivity index (χ3v) is 3.48. The molecule has 0 aliphatic rings. The first-order valence-corrected chi connectivity index (χ1v) is 6.97. The van der Waals surface area contributed by atoms with Gasteiger partial charge in [-0.25, -0.2) is 0 Å². The van der Waals surface area contributed by atoms with Crippen LogP contribution in [0, 0.1) is 13.8 Å². The summed E-state index contributed by atoms with van der Waals surface area (Å²) in [4.78, 5) is 23.8. The number of carbonyl (C=O) groups is 2. The van der Waals surface area contributed by atoms with E-state index >= 15 is 0 Å². The molecule has 0 aliphatic carbocycles. The minimum Gasteiger partial charge on any atom is -0.348 e. The van der Waals surface area contributed by atoms with Crippen molar-refractivity contribution in [2.45, 2.75) is 20.3 Å². The van der Waals surface area contributed by atoms with Crippen molar-refractivity contribution in [2.24, 2.45) is 0 Å². The molecule has 0 aromatic heterocycles. The molecule has 0 saturated carbocycles. The van der Waals surface area contributed by atoms with Gasteiger partial charge in [-0.15, -0.1) is 0 Å². The zero-order chi connectivity index (χ0) is 15.2. The quantitative estimate of drug-likeness (QED) is 0.857. The number of Topliss-reactive ketones (excluding diaryl/α,β-unsaturated/α-hetero) is 1. The van der Waals surface area contributed by atoms with Gasteiger partial charge >= 0.3 is 0 Å². The maximum absolute atomic E-state index is 11.9. The van der Waals surface area contributed by atoms with E-state index in [4.69, 9.17) is 0 Å². The van der Waals surface area contributed by atoms with Gasteiger partial charge in [0.15, 0.2) is 5.78 Å². The van der Waals surface area contributed by atoms with Gasteiger partial charge in [-0.2, -0.15) is 0 Å². The average Bonchev–Trinajstić information content (AvgIpc) is 2.49. The lowest BCUT2D eigenvalue weighted by Crippen LogP contribution is -2.30. The van der Waals surface area contributed by atoms with E-state index in [2.05, 4.69) is 5.32 Å². The molecule has 0 saturated heterocycles. The van der Waals surface area contributed by atoms with Gasteiger partial charge in [0.2, 0.25) is 5.91 Å². The predicted octanol–water partition coefficient (Wildman–Crippen LogP) is 2.85. The van der Waals surface area contributed by atoms with Crippen molar-refractivity contribution in [3.63, 3.8) is 0 Å². The molecule has 21 heavy (non-hydrogen) atoms. The number of nitrogens with one attached hydrogen (secondary N) is 1. The highest BCUT2D eigenvalue weighted by molar-refractivity contribution is 5.99. The summed E-state index contributed by atoms with van der Waals surface area (Å²) >= 11 is 0. The van der Waals surface area contributed by atoms with Gasteiger partial charge in [-0.1, -0.05) is 48.5 Å². The molecule has 0 bridgehead atoms. The minimum atomic E-state index is -0.137. The van der Waals surface area contributed by atoms with E-state index in [1.807, 2.05) is 50.2 Å². The van der Waals surface area contributed by atoms with Crippen molar-refractivity contribution < 1.29 is 9.59 Å². The molecular weight excluding hydrogens is 262 g/mol. The highest BCUT2D eigenvalue weighted by atomic mass is 16.2. The van der Waals surface area contributed by atoms with Crippen LogP contribution in [0.5, 0.6) is 0 Å². The van der Waals surface area contributed by atoms with E-state index in [1.54, 1.807) is 12.1 Å². The van der Waals surface area contributed by atoms with Crippen LogP contribution >= 0.6 is 0 Å². The van der Waals surface area contributed by atoms with Crippen molar-refractivity contribution in [3.05, 3.63) is 70.8 Å². The van der Waals surface area contributed by atoms with E-state index in [0.717, 1.165) is 5.56 Å². The Morgan fingerprint density at radius 1 is 0.952 bits per heavy atom. The summed E-state index contributed by atoms with van der Waals surface area (Å²) in [6.07, 6.45) is 0.295. The van der Waals surface area contributed by atoms with Gasteiger partial charge in [0.25, 0.3) is 0 Å². The normalized spacial score (nSPS) is 10.2. The first kappa shape index (κ1) is 15.0. The van der Waals surface area contributed by atoms with Crippen LogP contribution in [-0.4, -0.2) is 18.2 Å². The van der Waals surface area contributed by atoms with Crippen LogP contribution in [0.1, 0.15) is 27.0 Å². The fraction of sp³-hybridized carbons (Fsp3) is 0.222. The number of amides is 1. The maximum atomic E-state index is 11.9. The molecule has 0 radical (unpaired) electrons. The van der Waals surface area contributed by atoms with Crippen LogP contribution in [-0.2, 0) is 11.2 Å². The van der Waals surface area contributed by atoms with Gasteiger partial charge < -0.3 is 5.32 Å². The first-order valence-electron chi connectivity index (χ1n) is 6.97. The van der Waals surface area contributed by atoms with Gasteiger partial charge in [0.1, 0.15) is 0 Å². The number of benzene rings is 2. The second-order valence-electron chi connectivity index (χ2n) is 5.16. The fourth-order valence-corrected chi connectivity index (χ4v) is 2.07. The molecule has 0 fully saturated rings. The Labute approximate surface area is 125 Å². The van der Waals surface area contributed by atoms with Gasteiger partial charge in [-0.05, 0) is 30.5 Å². The summed E-state index contributed by atoms with van der Waals surface area (Å²) in [6, 6.07) is 14.9. The monoisotopic (exact) mass is 281 g/mol. The molecule has 0 unspecified atom stereocenters. The Morgan fingerprint density at radius 2 is 1.67 bits per heavy atom. The second kappa shape index (κ2) is 6.84. The van der Waals surface area contributed by atoms with Crippen LogP contribution in [0.15, 0.2) is 48.5 Å². The number of ketones is 1. The summed E-state index contributed by atoms with van der Waals surface area (Å²) in [7, 11) is 0. The lowest BCUT2D eigenvalue weighted by Gasteiger charge is -2.07. The van der Waals surface area contributed by atoms with Crippen molar-refractivity contribution in [2.75, 3.05) is 6.54 Å². The number of carbonyl (C=O) groups excluding carboxylic acids is 2. The molecule has 2 rings (SSSR count). The van der Waals surface area contributed by atoms with E-state index in [-0.39, 0.29) is 18.2 Å². The molecule has 0 spiro atoms. The van der Waals surface area contributed by atoms with Crippen LogP contribution in [0.3, 0.4) is 0 Å². The standard InChI is InChI=1S/C18H19NO2/c1-13-8-9-15(10-14(13)2)11-18(21)19-12-17(20)16-6-4-3-5-7-16/h3-10H,11-12H2,1-2H3,(H,19,21). The zero-order valence-corrected chi connectivity index (χ0v) is 12.3. The topological polar surface area (TPSA) is 46.2 Å². The molecule has 0 heterocycles. The van der Waals surface area contributed by atoms with E-state index in [1.165, 1.54) is 11.1 Å². The summed E-state index contributed by atoms with van der Waals surface area (Å²) in [5.41, 5.74) is 3.95. The molecule has 1 N–H and O–H groups in total. The van der Waals surface area contributed by atoms with E-state index in [9.17, 15) is 9.59 Å². The zero-order valence-electron chi connectivity index (χ0n) is 12.3. The van der Waals surface area contributed by atoms with Gasteiger partial charge in [0.05, 0.1) is 13.0 Å². The number of hydrogen-bond acceptors (Lipinski definition) is 2. The smallest absolute Gasteiger partial charge is 0.224 e. The molecular formula is C18H19NO2. The lowest BCUT2D eigenvalue weighted by molar-refractivity contribution is -0.120. The van der Waals surface area contributed by atoms with Crippen molar-refractivity contribution >= 4 is 11.7 Å². The summed E-state index contributed by atoms with van der Waals surface area (Å²) in [5, 5.41) is 2.67. The third kappa shape index (κ3) is 4.28. The molecule has 0 atom stereocenters.